The van der Waals surface area contributed by atoms with E-state index in [0.29, 0.717) is 0 Å². The molecule has 0 bridgehead atoms. The molecule has 0 aromatic heterocycles. The Bertz CT molecular complexity index is 384. The molecule has 0 aliphatic carbocycles. The molecular weight excluding hydrogens is 198 g/mol. The first-order valence-electron chi connectivity index (χ1n) is 6.08. The van der Waals surface area contributed by atoms with Gasteiger partial charge >= 0.3 is 0 Å². The topological polar surface area (TPSA) is 21.6 Å². The molecule has 2 heteroatoms. The molecular formula is C14H19NO. The van der Waals surface area contributed by atoms with E-state index >= 15 is 0 Å². The van der Waals surface area contributed by atoms with Crippen LogP contribution in [0.5, 0.6) is 0 Å². The lowest BCUT2D eigenvalue weighted by molar-refractivity contribution is 0.0850. The first-order valence-corrected chi connectivity index (χ1v) is 6.08. The molecule has 1 aromatic carbocycles. The molecule has 0 radical (unpaired) electrons. The van der Waals surface area contributed by atoms with E-state index in [1.807, 2.05) is 6.92 Å². The second-order valence-electron chi connectivity index (χ2n) is 4.43. The number of benzene rings is 1. The molecule has 16 heavy (non-hydrogen) atoms. The predicted octanol–water partition coefficient (Wildman–Crippen LogP) is 3.87. The summed E-state index contributed by atoms with van der Waals surface area (Å²) in [5, 5.41) is 4.03. The van der Waals surface area contributed by atoms with E-state index in [1.165, 1.54) is 24.0 Å². The minimum atomic E-state index is 0.146. The smallest absolute Gasteiger partial charge is 0.158 e. The fourth-order valence-corrected chi connectivity index (χ4v) is 2.11. The summed E-state index contributed by atoms with van der Waals surface area (Å²) in [5.41, 5.74) is 3.83. The Morgan fingerprint density at radius 2 is 2.19 bits per heavy atom. The molecule has 0 saturated carbocycles. The summed E-state index contributed by atoms with van der Waals surface area (Å²) in [5.74, 6) is 0. The van der Waals surface area contributed by atoms with Gasteiger partial charge in [-0.1, -0.05) is 42.8 Å². The summed E-state index contributed by atoms with van der Waals surface area (Å²) in [6.45, 7) is 4.25. The molecule has 1 aliphatic heterocycles. The Hall–Kier alpha value is -1.31. The van der Waals surface area contributed by atoms with Gasteiger partial charge in [0.2, 0.25) is 0 Å². The third kappa shape index (κ3) is 2.43. The van der Waals surface area contributed by atoms with Crippen molar-refractivity contribution >= 4 is 5.71 Å². The van der Waals surface area contributed by atoms with Crippen molar-refractivity contribution < 1.29 is 4.84 Å². The van der Waals surface area contributed by atoms with Gasteiger partial charge in [0, 0.05) is 6.42 Å². The van der Waals surface area contributed by atoms with E-state index in [2.05, 4.69) is 36.3 Å². The number of hydrogen-bond donors (Lipinski definition) is 0. The molecule has 1 heterocycles. The fourth-order valence-electron chi connectivity index (χ4n) is 2.11. The lowest BCUT2D eigenvalue weighted by Gasteiger charge is -2.13. The SMILES string of the molecule is CCCCc1ccccc1C1CC(C)=NO1. The quantitative estimate of drug-likeness (QED) is 0.750. The van der Waals surface area contributed by atoms with Crippen LogP contribution >= 0.6 is 0 Å². The highest BCUT2D eigenvalue weighted by Crippen LogP contribution is 2.30. The molecule has 0 amide bonds. The van der Waals surface area contributed by atoms with Crippen LogP contribution in [0.1, 0.15) is 50.3 Å². The van der Waals surface area contributed by atoms with Crippen molar-refractivity contribution in [3.05, 3.63) is 35.4 Å². The van der Waals surface area contributed by atoms with Crippen LogP contribution in [0, 0.1) is 0 Å². The van der Waals surface area contributed by atoms with Gasteiger partial charge in [-0.15, -0.1) is 0 Å². The number of nitrogens with zero attached hydrogens (tertiary/aromatic N) is 1. The molecule has 1 unspecified atom stereocenters. The molecule has 86 valence electrons. The first-order chi connectivity index (χ1) is 7.81. The lowest BCUT2D eigenvalue weighted by atomic mass is 9.96. The summed E-state index contributed by atoms with van der Waals surface area (Å²) in [7, 11) is 0. The maximum absolute atomic E-state index is 5.46. The summed E-state index contributed by atoms with van der Waals surface area (Å²) in [6, 6.07) is 8.57. The van der Waals surface area contributed by atoms with E-state index in [0.717, 1.165) is 18.6 Å². The van der Waals surface area contributed by atoms with Crippen LogP contribution in [0.15, 0.2) is 29.4 Å². The molecule has 2 rings (SSSR count). The van der Waals surface area contributed by atoms with Crippen molar-refractivity contribution in [2.45, 2.75) is 45.6 Å². The van der Waals surface area contributed by atoms with Gasteiger partial charge in [-0.05, 0) is 30.9 Å². The summed E-state index contributed by atoms with van der Waals surface area (Å²) in [4.78, 5) is 5.46. The lowest BCUT2D eigenvalue weighted by Crippen LogP contribution is -2.02. The molecule has 1 aliphatic rings. The molecule has 0 fully saturated rings. The van der Waals surface area contributed by atoms with E-state index in [-0.39, 0.29) is 6.10 Å². The van der Waals surface area contributed by atoms with Gasteiger partial charge in [-0.2, -0.15) is 0 Å². The van der Waals surface area contributed by atoms with Crippen molar-refractivity contribution in [2.24, 2.45) is 5.16 Å². The average molecular weight is 217 g/mol. The van der Waals surface area contributed by atoms with Crippen molar-refractivity contribution in [1.82, 2.24) is 0 Å². The minimum Gasteiger partial charge on any atom is -0.387 e. The highest BCUT2D eigenvalue weighted by atomic mass is 16.6. The number of rotatable bonds is 4. The zero-order chi connectivity index (χ0) is 11.4. The van der Waals surface area contributed by atoms with Crippen LogP contribution in [0.2, 0.25) is 0 Å². The predicted molar refractivity (Wildman–Crippen MR) is 66.6 cm³/mol. The number of hydrogen-bond acceptors (Lipinski definition) is 2. The van der Waals surface area contributed by atoms with Gasteiger partial charge in [0.1, 0.15) is 0 Å². The first kappa shape index (κ1) is 11.2. The van der Waals surface area contributed by atoms with E-state index in [4.69, 9.17) is 4.84 Å². The molecule has 0 N–H and O–H groups in total. The number of oxime groups is 1. The van der Waals surface area contributed by atoms with Crippen LogP contribution < -0.4 is 0 Å². The normalized spacial score (nSPS) is 19.4. The van der Waals surface area contributed by atoms with Crippen molar-refractivity contribution in [1.29, 1.82) is 0 Å². The highest BCUT2D eigenvalue weighted by molar-refractivity contribution is 5.83. The monoisotopic (exact) mass is 217 g/mol. The molecule has 1 aromatic rings. The average Bonchev–Trinajstić information content (AvgIpc) is 2.73. The molecule has 2 nitrogen and oxygen atoms in total. The number of unbranched alkanes of at least 4 members (excludes halogenated alkanes) is 1. The Morgan fingerprint density at radius 3 is 2.88 bits per heavy atom. The van der Waals surface area contributed by atoms with Crippen LogP contribution in [0.25, 0.3) is 0 Å². The minimum absolute atomic E-state index is 0.146. The third-order valence-corrected chi connectivity index (χ3v) is 3.02. The van der Waals surface area contributed by atoms with Gasteiger partial charge < -0.3 is 4.84 Å². The molecule has 0 saturated heterocycles. The van der Waals surface area contributed by atoms with Crippen molar-refractivity contribution in [3.8, 4) is 0 Å². The van der Waals surface area contributed by atoms with Gasteiger partial charge in [-0.3, -0.25) is 0 Å². The molecule has 0 spiro atoms. The van der Waals surface area contributed by atoms with E-state index in [1.54, 1.807) is 0 Å². The molecule has 1 atom stereocenters. The maximum atomic E-state index is 5.46. The summed E-state index contributed by atoms with van der Waals surface area (Å²) < 4.78 is 0. The standard InChI is InChI=1S/C14H19NO/c1-3-4-7-12-8-5-6-9-13(12)14-10-11(2)15-16-14/h5-6,8-9,14H,3-4,7,10H2,1-2H3. The Balaban J connectivity index is 2.13. The summed E-state index contributed by atoms with van der Waals surface area (Å²) in [6.07, 6.45) is 4.70. The third-order valence-electron chi connectivity index (χ3n) is 3.02. The van der Waals surface area contributed by atoms with Gasteiger partial charge in [-0.25, -0.2) is 0 Å². The van der Waals surface area contributed by atoms with Crippen molar-refractivity contribution in [3.63, 3.8) is 0 Å². The highest BCUT2D eigenvalue weighted by Gasteiger charge is 2.22. The van der Waals surface area contributed by atoms with Gasteiger partial charge in [0.05, 0.1) is 5.71 Å². The van der Waals surface area contributed by atoms with Crippen LogP contribution in [0.3, 0.4) is 0 Å². The fraction of sp³-hybridized carbons (Fsp3) is 0.500. The summed E-state index contributed by atoms with van der Waals surface area (Å²) >= 11 is 0. The van der Waals surface area contributed by atoms with Crippen LogP contribution in [-0.4, -0.2) is 5.71 Å². The van der Waals surface area contributed by atoms with Crippen LogP contribution in [0.4, 0.5) is 0 Å². The zero-order valence-corrected chi connectivity index (χ0v) is 10.1. The largest absolute Gasteiger partial charge is 0.387 e. The van der Waals surface area contributed by atoms with Crippen molar-refractivity contribution in [2.75, 3.05) is 0 Å². The maximum Gasteiger partial charge on any atom is 0.158 e. The Kier molecular flexibility index (Phi) is 3.60. The van der Waals surface area contributed by atoms with Crippen LogP contribution in [-0.2, 0) is 11.3 Å². The van der Waals surface area contributed by atoms with E-state index < -0.39 is 0 Å². The second kappa shape index (κ2) is 5.15. The Labute approximate surface area is 97.3 Å². The number of aryl methyl sites for hydroxylation is 1. The zero-order valence-electron chi connectivity index (χ0n) is 10.1. The second-order valence-corrected chi connectivity index (χ2v) is 4.43. The van der Waals surface area contributed by atoms with Gasteiger partial charge in [0.15, 0.2) is 6.10 Å². The van der Waals surface area contributed by atoms with Gasteiger partial charge in [0.25, 0.3) is 0 Å². The Morgan fingerprint density at radius 1 is 1.38 bits per heavy atom. The van der Waals surface area contributed by atoms with E-state index in [9.17, 15) is 0 Å².